The number of fused-ring (bicyclic) bond motifs is 1. The fraction of sp³-hybridized carbons (Fsp3) is 0.429. The molecule has 2 fully saturated rings. The molecule has 2 amide bonds. The van der Waals surface area contributed by atoms with Gasteiger partial charge in [-0.05, 0) is 18.2 Å². The summed E-state index contributed by atoms with van der Waals surface area (Å²) in [5, 5.41) is 12.0. The number of hydrogen-bond acceptors (Lipinski definition) is 3. The van der Waals surface area contributed by atoms with Gasteiger partial charge < -0.3 is 10.2 Å². The SMILES string of the molecule is N#Cc1ccc(N2C[C@H]3CNCCN3C2=O)cc1C(F)(F)F. The minimum absolute atomic E-state index is 0.0359. The summed E-state index contributed by atoms with van der Waals surface area (Å²) >= 11 is 0. The molecule has 3 rings (SSSR count). The Kier molecular flexibility index (Phi) is 3.45. The maximum absolute atomic E-state index is 13.0. The van der Waals surface area contributed by atoms with Crippen molar-refractivity contribution in [3.63, 3.8) is 0 Å². The highest BCUT2D eigenvalue weighted by Gasteiger charge is 2.40. The number of halogens is 3. The lowest BCUT2D eigenvalue weighted by Crippen LogP contribution is -2.49. The fourth-order valence-corrected chi connectivity index (χ4v) is 2.87. The van der Waals surface area contributed by atoms with E-state index in [2.05, 4.69) is 5.32 Å². The zero-order valence-electron chi connectivity index (χ0n) is 11.5. The van der Waals surface area contributed by atoms with E-state index < -0.39 is 17.3 Å². The van der Waals surface area contributed by atoms with Crippen molar-refractivity contribution >= 4 is 11.7 Å². The number of carbonyl (C=O) groups is 1. The van der Waals surface area contributed by atoms with Crippen LogP contribution in [0.3, 0.4) is 0 Å². The molecule has 1 aromatic rings. The van der Waals surface area contributed by atoms with Crippen LogP contribution in [0.15, 0.2) is 18.2 Å². The van der Waals surface area contributed by atoms with E-state index in [0.29, 0.717) is 26.2 Å². The van der Waals surface area contributed by atoms with Crippen molar-refractivity contribution in [2.24, 2.45) is 0 Å². The van der Waals surface area contributed by atoms with Crippen LogP contribution in [0.4, 0.5) is 23.7 Å². The molecule has 116 valence electrons. The number of carbonyl (C=O) groups excluding carboxylic acids is 1. The van der Waals surface area contributed by atoms with Gasteiger partial charge in [-0.3, -0.25) is 4.90 Å². The second-order valence-corrected chi connectivity index (χ2v) is 5.28. The van der Waals surface area contributed by atoms with Crippen molar-refractivity contribution in [1.29, 1.82) is 5.26 Å². The molecule has 1 atom stereocenters. The number of hydrogen-bond donors (Lipinski definition) is 1. The predicted octanol–water partition coefficient (Wildman–Crippen LogP) is 1.79. The third-order valence-electron chi connectivity index (χ3n) is 3.96. The first-order chi connectivity index (χ1) is 10.4. The van der Waals surface area contributed by atoms with E-state index in [9.17, 15) is 18.0 Å². The number of piperazine rings is 1. The third-order valence-corrected chi connectivity index (χ3v) is 3.96. The Labute approximate surface area is 124 Å². The summed E-state index contributed by atoms with van der Waals surface area (Å²) < 4.78 is 39.1. The second kappa shape index (κ2) is 5.18. The number of anilines is 1. The Hall–Kier alpha value is -2.27. The van der Waals surface area contributed by atoms with E-state index >= 15 is 0 Å². The summed E-state index contributed by atoms with van der Waals surface area (Å²) in [5.41, 5.74) is -1.28. The van der Waals surface area contributed by atoms with Gasteiger partial charge in [0.2, 0.25) is 0 Å². The van der Waals surface area contributed by atoms with Crippen LogP contribution in [0, 0.1) is 11.3 Å². The largest absolute Gasteiger partial charge is 0.417 e. The molecular formula is C14H13F3N4O. The van der Waals surface area contributed by atoms with Crippen LogP contribution >= 0.6 is 0 Å². The van der Waals surface area contributed by atoms with Gasteiger partial charge in [-0.15, -0.1) is 0 Å². The summed E-state index contributed by atoms with van der Waals surface area (Å²) in [6.07, 6.45) is -4.63. The van der Waals surface area contributed by atoms with Crippen molar-refractivity contribution in [1.82, 2.24) is 10.2 Å². The molecule has 8 heteroatoms. The highest BCUT2D eigenvalue weighted by Crippen LogP contribution is 2.35. The summed E-state index contributed by atoms with van der Waals surface area (Å²) in [6, 6.07) is 4.59. The number of alkyl halides is 3. The van der Waals surface area contributed by atoms with E-state index in [1.807, 2.05) is 0 Å². The molecule has 1 N–H and O–H groups in total. The van der Waals surface area contributed by atoms with Gasteiger partial charge in [-0.1, -0.05) is 0 Å². The Balaban J connectivity index is 1.96. The maximum atomic E-state index is 13.0. The van der Waals surface area contributed by atoms with E-state index in [1.54, 1.807) is 4.90 Å². The molecule has 2 saturated heterocycles. The summed E-state index contributed by atoms with van der Waals surface area (Å²) in [7, 11) is 0. The lowest BCUT2D eigenvalue weighted by Gasteiger charge is -2.28. The minimum atomic E-state index is -4.63. The highest BCUT2D eigenvalue weighted by atomic mass is 19.4. The number of nitrogens with one attached hydrogen (secondary N) is 1. The van der Waals surface area contributed by atoms with Crippen LogP contribution in [0.1, 0.15) is 11.1 Å². The van der Waals surface area contributed by atoms with Crippen molar-refractivity contribution in [2.75, 3.05) is 31.1 Å². The number of amides is 2. The standard InChI is InChI=1S/C14H13F3N4O/c15-14(16,17)12-5-10(2-1-9(12)6-18)21-8-11-7-19-3-4-20(11)13(21)22/h1-2,5,11,19H,3-4,7-8H2/t11-/m1/s1. The van der Waals surface area contributed by atoms with Crippen LogP contribution < -0.4 is 10.2 Å². The molecule has 1 aromatic carbocycles. The maximum Gasteiger partial charge on any atom is 0.417 e. The predicted molar refractivity (Wildman–Crippen MR) is 72.3 cm³/mol. The Morgan fingerprint density at radius 2 is 2.14 bits per heavy atom. The highest BCUT2D eigenvalue weighted by molar-refractivity contribution is 5.95. The van der Waals surface area contributed by atoms with E-state index in [-0.39, 0.29) is 17.8 Å². The third kappa shape index (κ3) is 2.37. The topological polar surface area (TPSA) is 59.4 Å². The van der Waals surface area contributed by atoms with Gasteiger partial charge in [0.25, 0.3) is 0 Å². The minimum Gasteiger partial charge on any atom is -0.317 e. The molecule has 2 aliphatic rings. The Bertz CT molecular complexity index is 652. The Morgan fingerprint density at radius 3 is 2.77 bits per heavy atom. The monoisotopic (exact) mass is 310 g/mol. The van der Waals surface area contributed by atoms with Crippen molar-refractivity contribution in [3.05, 3.63) is 29.3 Å². The van der Waals surface area contributed by atoms with Crippen molar-refractivity contribution in [2.45, 2.75) is 12.2 Å². The van der Waals surface area contributed by atoms with E-state index in [4.69, 9.17) is 5.26 Å². The quantitative estimate of drug-likeness (QED) is 0.860. The first kappa shape index (κ1) is 14.7. The lowest BCUT2D eigenvalue weighted by atomic mass is 10.1. The van der Waals surface area contributed by atoms with Crippen LogP contribution in [-0.4, -0.2) is 43.2 Å². The van der Waals surface area contributed by atoms with Gasteiger partial charge in [0.15, 0.2) is 0 Å². The zero-order valence-corrected chi connectivity index (χ0v) is 11.5. The van der Waals surface area contributed by atoms with Crippen LogP contribution in [-0.2, 0) is 6.18 Å². The lowest BCUT2D eigenvalue weighted by molar-refractivity contribution is -0.137. The Morgan fingerprint density at radius 1 is 1.36 bits per heavy atom. The summed E-state index contributed by atoms with van der Waals surface area (Å²) in [4.78, 5) is 15.3. The first-order valence-electron chi connectivity index (χ1n) is 6.82. The number of urea groups is 1. The van der Waals surface area contributed by atoms with Crippen LogP contribution in [0.2, 0.25) is 0 Å². The molecule has 0 radical (unpaired) electrons. The summed E-state index contributed by atoms with van der Waals surface area (Å²) in [6.45, 7) is 2.19. The molecule has 2 heterocycles. The van der Waals surface area contributed by atoms with Gasteiger partial charge in [-0.2, -0.15) is 18.4 Å². The summed E-state index contributed by atoms with van der Waals surface area (Å²) in [5.74, 6) is 0. The number of rotatable bonds is 1. The first-order valence-corrected chi connectivity index (χ1v) is 6.82. The van der Waals surface area contributed by atoms with Gasteiger partial charge in [0.05, 0.1) is 23.2 Å². The zero-order chi connectivity index (χ0) is 15.9. The normalized spacial score (nSPS) is 21.7. The van der Waals surface area contributed by atoms with E-state index in [1.165, 1.54) is 17.0 Å². The van der Waals surface area contributed by atoms with E-state index in [0.717, 1.165) is 12.1 Å². The molecule has 0 unspecified atom stereocenters. The molecule has 0 bridgehead atoms. The number of nitriles is 1. The van der Waals surface area contributed by atoms with Crippen LogP contribution in [0.5, 0.6) is 0 Å². The van der Waals surface area contributed by atoms with Crippen molar-refractivity contribution in [3.8, 4) is 6.07 Å². The van der Waals surface area contributed by atoms with Gasteiger partial charge >= 0.3 is 12.2 Å². The number of benzene rings is 1. The molecule has 0 aromatic heterocycles. The molecule has 22 heavy (non-hydrogen) atoms. The smallest absolute Gasteiger partial charge is 0.317 e. The number of nitrogens with zero attached hydrogens (tertiary/aromatic N) is 3. The van der Waals surface area contributed by atoms with Gasteiger partial charge in [0, 0.05) is 31.9 Å². The average Bonchev–Trinajstić information content (AvgIpc) is 2.83. The molecule has 2 aliphatic heterocycles. The molecule has 0 saturated carbocycles. The molecule has 0 aliphatic carbocycles. The molecule has 5 nitrogen and oxygen atoms in total. The second-order valence-electron chi connectivity index (χ2n) is 5.28. The van der Waals surface area contributed by atoms with Gasteiger partial charge in [-0.25, -0.2) is 4.79 Å². The fourth-order valence-electron chi connectivity index (χ4n) is 2.87. The average molecular weight is 310 g/mol. The molecule has 0 spiro atoms. The van der Waals surface area contributed by atoms with Gasteiger partial charge in [0.1, 0.15) is 0 Å². The van der Waals surface area contributed by atoms with Crippen LogP contribution in [0.25, 0.3) is 0 Å². The molecular weight excluding hydrogens is 297 g/mol. The van der Waals surface area contributed by atoms with Crippen molar-refractivity contribution < 1.29 is 18.0 Å².